The Kier molecular flexibility index (Phi) is 6.09. The summed E-state index contributed by atoms with van der Waals surface area (Å²) in [6.45, 7) is 5.77. The highest BCUT2D eigenvalue weighted by Crippen LogP contribution is 2.24. The predicted molar refractivity (Wildman–Crippen MR) is 118 cm³/mol. The van der Waals surface area contributed by atoms with Gasteiger partial charge in [0.1, 0.15) is 5.75 Å². The third-order valence-corrected chi connectivity index (χ3v) is 5.19. The number of pyridine rings is 2. The van der Waals surface area contributed by atoms with Crippen molar-refractivity contribution in [1.82, 2.24) is 15.3 Å². The first-order chi connectivity index (χ1) is 13.8. The van der Waals surface area contributed by atoms with Crippen molar-refractivity contribution in [2.75, 3.05) is 6.26 Å². The number of thioether (sulfide) groups is 1. The van der Waals surface area contributed by atoms with Gasteiger partial charge in [-0.05, 0) is 63.4 Å². The number of benzene rings is 1. The Morgan fingerprint density at radius 1 is 1.28 bits per heavy atom. The van der Waals surface area contributed by atoms with Crippen molar-refractivity contribution in [2.24, 2.45) is 0 Å². The maximum absolute atomic E-state index is 12.9. The van der Waals surface area contributed by atoms with E-state index in [4.69, 9.17) is 11.2 Å². The molecular weight excluding hydrogens is 382 g/mol. The first-order valence-electron chi connectivity index (χ1n) is 9.14. The minimum absolute atomic E-state index is 0.221. The molecule has 0 radical (unpaired) electrons. The highest BCUT2D eigenvalue weighted by Gasteiger charge is 2.29. The number of fused-ring (bicyclic) bond motifs is 1. The number of amides is 1. The van der Waals surface area contributed by atoms with Gasteiger partial charge in [-0.25, -0.2) is 0 Å². The number of ether oxygens (including phenoxy) is 1. The standard InChI is InChI=1S/C23H23N3O2S/c1-6-16-12-17-13-18(10-11-19(17)24-14-16)28-22(29-5)21(27)26-23(3,4)20-9-7-8-15(2)25-20/h1,7-14,22H,2-5H3,(H,26,27). The Bertz CT molecular complexity index is 1090. The molecule has 2 aromatic heterocycles. The van der Waals surface area contributed by atoms with Gasteiger partial charge in [0.25, 0.3) is 5.91 Å². The number of hydrogen-bond acceptors (Lipinski definition) is 5. The number of hydrogen-bond donors (Lipinski definition) is 1. The van der Waals surface area contributed by atoms with Gasteiger partial charge in [0, 0.05) is 22.8 Å². The lowest BCUT2D eigenvalue weighted by Gasteiger charge is -2.28. The van der Waals surface area contributed by atoms with E-state index in [1.165, 1.54) is 11.8 Å². The van der Waals surface area contributed by atoms with Gasteiger partial charge in [0.2, 0.25) is 5.44 Å². The maximum Gasteiger partial charge on any atom is 0.272 e. The number of nitrogens with zero attached hydrogens (tertiary/aromatic N) is 2. The fourth-order valence-corrected chi connectivity index (χ4v) is 3.40. The Morgan fingerprint density at radius 2 is 2.07 bits per heavy atom. The Balaban J connectivity index is 1.78. The highest BCUT2D eigenvalue weighted by molar-refractivity contribution is 7.99. The summed E-state index contributed by atoms with van der Waals surface area (Å²) in [5.41, 5.74) is 1.87. The summed E-state index contributed by atoms with van der Waals surface area (Å²) in [5, 5.41) is 3.90. The zero-order valence-electron chi connectivity index (χ0n) is 16.9. The molecule has 1 aromatic carbocycles. The Morgan fingerprint density at radius 3 is 2.76 bits per heavy atom. The molecule has 0 saturated carbocycles. The van der Waals surface area contributed by atoms with E-state index in [1.807, 2.05) is 63.4 Å². The van der Waals surface area contributed by atoms with Crippen molar-refractivity contribution in [3.05, 3.63) is 65.6 Å². The number of aromatic nitrogens is 2. The number of nitrogens with one attached hydrogen (secondary N) is 1. The summed E-state index contributed by atoms with van der Waals surface area (Å²) in [7, 11) is 0. The summed E-state index contributed by atoms with van der Waals surface area (Å²) in [5.74, 6) is 2.93. The SMILES string of the molecule is C#Cc1cnc2ccc(OC(SC)C(=O)NC(C)(C)c3cccc(C)n3)cc2c1. The van der Waals surface area contributed by atoms with Crippen LogP contribution in [0.15, 0.2) is 48.7 Å². The van der Waals surface area contributed by atoms with Crippen molar-refractivity contribution in [2.45, 2.75) is 31.7 Å². The molecule has 1 unspecified atom stereocenters. The van der Waals surface area contributed by atoms with Gasteiger partial charge in [-0.1, -0.05) is 12.0 Å². The van der Waals surface area contributed by atoms with Crippen LogP contribution >= 0.6 is 11.8 Å². The molecule has 0 bridgehead atoms. The molecule has 3 rings (SSSR count). The monoisotopic (exact) mass is 405 g/mol. The van der Waals surface area contributed by atoms with E-state index in [-0.39, 0.29) is 5.91 Å². The summed E-state index contributed by atoms with van der Waals surface area (Å²) in [6.07, 6.45) is 8.94. The molecule has 6 heteroatoms. The molecule has 1 N–H and O–H groups in total. The fraction of sp³-hybridized carbons (Fsp3) is 0.261. The van der Waals surface area contributed by atoms with Crippen molar-refractivity contribution in [1.29, 1.82) is 0 Å². The van der Waals surface area contributed by atoms with Crippen molar-refractivity contribution >= 4 is 28.6 Å². The van der Waals surface area contributed by atoms with Gasteiger partial charge >= 0.3 is 0 Å². The average molecular weight is 406 g/mol. The predicted octanol–water partition coefficient (Wildman–Crippen LogP) is 4.04. The average Bonchev–Trinajstić information content (AvgIpc) is 2.71. The van der Waals surface area contributed by atoms with Gasteiger partial charge in [-0.15, -0.1) is 18.2 Å². The van der Waals surface area contributed by atoms with E-state index in [2.05, 4.69) is 21.2 Å². The first-order valence-corrected chi connectivity index (χ1v) is 10.4. The van der Waals surface area contributed by atoms with Crippen LogP contribution in [0.3, 0.4) is 0 Å². The second-order valence-corrected chi connectivity index (χ2v) is 8.09. The van der Waals surface area contributed by atoms with E-state index < -0.39 is 11.0 Å². The molecule has 0 aliphatic rings. The van der Waals surface area contributed by atoms with Crippen LogP contribution in [0.5, 0.6) is 5.75 Å². The molecule has 0 fully saturated rings. The molecular formula is C23H23N3O2S. The fourth-order valence-electron chi connectivity index (χ4n) is 2.92. The molecule has 148 valence electrons. The van der Waals surface area contributed by atoms with Gasteiger partial charge < -0.3 is 10.1 Å². The maximum atomic E-state index is 12.9. The van der Waals surface area contributed by atoms with Gasteiger partial charge in [0.15, 0.2) is 0 Å². The smallest absolute Gasteiger partial charge is 0.272 e. The van der Waals surface area contributed by atoms with Gasteiger partial charge in [-0.3, -0.25) is 14.8 Å². The largest absolute Gasteiger partial charge is 0.470 e. The normalized spacial score (nSPS) is 12.2. The van der Waals surface area contributed by atoms with E-state index in [0.29, 0.717) is 11.3 Å². The molecule has 0 spiro atoms. The van der Waals surface area contributed by atoms with Crippen molar-refractivity contribution in [3.63, 3.8) is 0 Å². The lowest BCUT2D eigenvalue weighted by molar-refractivity contribution is -0.126. The molecule has 3 aromatic rings. The molecule has 1 amide bonds. The third-order valence-electron chi connectivity index (χ3n) is 4.46. The van der Waals surface area contributed by atoms with Crippen LogP contribution in [0.25, 0.3) is 10.9 Å². The van der Waals surface area contributed by atoms with Crippen LogP contribution in [0, 0.1) is 19.3 Å². The minimum Gasteiger partial charge on any atom is -0.470 e. The first kappa shape index (κ1) is 20.7. The molecule has 5 nitrogen and oxygen atoms in total. The van der Waals surface area contributed by atoms with Crippen LogP contribution < -0.4 is 10.1 Å². The van der Waals surface area contributed by atoms with Crippen LogP contribution in [-0.4, -0.2) is 27.6 Å². The van der Waals surface area contributed by atoms with Crippen molar-refractivity contribution < 1.29 is 9.53 Å². The van der Waals surface area contributed by atoms with Gasteiger partial charge in [-0.2, -0.15) is 0 Å². The molecule has 29 heavy (non-hydrogen) atoms. The summed E-state index contributed by atoms with van der Waals surface area (Å²) in [6, 6.07) is 13.1. The second kappa shape index (κ2) is 8.54. The third kappa shape index (κ3) is 4.87. The van der Waals surface area contributed by atoms with E-state index in [9.17, 15) is 4.79 Å². The van der Waals surface area contributed by atoms with E-state index >= 15 is 0 Å². The lowest BCUT2D eigenvalue weighted by atomic mass is 9.99. The van der Waals surface area contributed by atoms with Crippen molar-refractivity contribution in [3.8, 4) is 18.1 Å². The second-order valence-electron chi connectivity index (χ2n) is 7.19. The Hall–Kier alpha value is -3.04. The van der Waals surface area contributed by atoms with Crippen LogP contribution in [0.2, 0.25) is 0 Å². The summed E-state index contributed by atoms with van der Waals surface area (Å²) < 4.78 is 5.96. The minimum atomic E-state index is -0.708. The molecule has 0 saturated heterocycles. The lowest BCUT2D eigenvalue weighted by Crippen LogP contribution is -2.47. The molecule has 0 aliphatic carbocycles. The zero-order chi connectivity index (χ0) is 21.0. The number of carbonyl (C=O) groups excluding carboxylic acids is 1. The topological polar surface area (TPSA) is 64.1 Å². The zero-order valence-corrected chi connectivity index (χ0v) is 17.7. The highest BCUT2D eigenvalue weighted by atomic mass is 32.2. The number of carbonyl (C=O) groups is 1. The molecule has 1 atom stereocenters. The van der Waals surface area contributed by atoms with Crippen LogP contribution in [0.4, 0.5) is 0 Å². The van der Waals surface area contributed by atoms with Crippen LogP contribution in [-0.2, 0) is 10.3 Å². The van der Waals surface area contributed by atoms with E-state index in [0.717, 1.165) is 22.3 Å². The Labute approximate surface area is 175 Å². The summed E-state index contributed by atoms with van der Waals surface area (Å²) in [4.78, 5) is 21.8. The van der Waals surface area contributed by atoms with E-state index in [1.54, 1.807) is 12.3 Å². The number of aryl methyl sites for hydroxylation is 1. The van der Waals surface area contributed by atoms with Crippen LogP contribution in [0.1, 0.15) is 30.8 Å². The number of terminal acetylenes is 1. The molecule has 2 heterocycles. The summed E-state index contributed by atoms with van der Waals surface area (Å²) >= 11 is 1.32. The number of rotatable bonds is 6. The van der Waals surface area contributed by atoms with Gasteiger partial charge in [0.05, 0.1) is 16.7 Å². The molecule has 0 aliphatic heterocycles. The quantitative estimate of drug-likeness (QED) is 0.495.